The van der Waals surface area contributed by atoms with Crippen molar-refractivity contribution >= 4 is 11.6 Å². The van der Waals surface area contributed by atoms with Crippen LogP contribution in [0.4, 0.5) is 18.9 Å². The topological polar surface area (TPSA) is 96.0 Å². The average molecular weight is 518 g/mol. The van der Waals surface area contributed by atoms with Crippen LogP contribution in [0.25, 0.3) is 22.8 Å². The maximum Gasteiger partial charge on any atom is 0.416 e. The van der Waals surface area contributed by atoms with Crippen molar-refractivity contribution < 1.29 is 27.3 Å². The molecule has 2 aromatic carbocycles. The normalized spacial score (nSPS) is 14.8. The van der Waals surface area contributed by atoms with Crippen molar-refractivity contribution in [2.24, 2.45) is 0 Å². The minimum absolute atomic E-state index is 0.0612. The first-order valence-electron chi connectivity index (χ1n) is 11.6. The molecule has 2 heterocycles. The number of halogens is 3. The van der Waals surface area contributed by atoms with Crippen molar-refractivity contribution in [3.8, 4) is 22.8 Å². The number of benzene rings is 2. The van der Waals surface area contributed by atoms with Crippen molar-refractivity contribution in [3.63, 3.8) is 0 Å². The van der Waals surface area contributed by atoms with Crippen LogP contribution >= 0.6 is 0 Å². The van der Waals surface area contributed by atoms with Gasteiger partial charge in [-0.2, -0.15) is 13.2 Å². The lowest BCUT2D eigenvalue weighted by Gasteiger charge is -2.34. The summed E-state index contributed by atoms with van der Waals surface area (Å²) in [6.07, 6.45) is -4.51. The van der Waals surface area contributed by atoms with Crippen molar-refractivity contribution in [2.45, 2.75) is 6.18 Å². The van der Waals surface area contributed by atoms with Gasteiger partial charge in [-0.15, -0.1) is 0 Å². The molecule has 3 aromatic rings. The molecular formula is C25H26F3N5O4. The van der Waals surface area contributed by atoms with Gasteiger partial charge in [-0.25, -0.2) is 4.98 Å². The minimum atomic E-state index is -4.51. The van der Waals surface area contributed by atoms with Gasteiger partial charge in [-0.3, -0.25) is 19.8 Å². The molecule has 37 heavy (non-hydrogen) atoms. The van der Waals surface area contributed by atoms with Crippen LogP contribution in [0.1, 0.15) is 16.1 Å². The van der Waals surface area contributed by atoms with Crippen LogP contribution in [0, 0.1) is 10.1 Å². The fraction of sp³-hybridized carbons (Fsp3) is 0.360. The Bertz CT molecular complexity index is 1270. The zero-order valence-electron chi connectivity index (χ0n) is 20.4. The van der Waals surface area contributed by atoms with Gasteiger partial charge in [-0.1, -0.05) is 12.1 Å². The fourth-order valence-electron chi connectivity index (χ4n) is 4.06. The van der Waals surface area contributed by atoms with Crippen molar-refractivity contribution in [3.05, 3.63) is 69.9 Å². The van der Waals surface area contributed by atoms with Gasteiger partial charge in [0.2, 0.25) is 5.89 Å². The van der Waals surface area contributed by atoms with Gasteiger partial charge in [0.1, 0.15) is 0 Å². The smallest absolute Gasteiger partial charge is 0.416 e. The zero-order valence-corrected chi connectivity index (χ0v) is 20.4. The first-order chi connectivity index (χ1) is 17.5. The van der Waals surface area contributed by atoms with E-state index in [1.54, 1.807) is 11.0 Å². The Morgan fingerprint density at radius 1 is 1.08 bits per heavy atom. The van der Waals surface area contributed by atoms with E-state index in [0.717, 1.165) is 25.2 Å². The maximum absolute atomic E-state index is 13.5. The quantitative estimate of drug-likeness (QED) is 0.341. The number of nitro benzene ring substituents is 1. The number of hydrogen-bond donors (Lipinski definition) is 0. The van der Waals surface area contributed by atoms with E-state index in [0.29, 0.717) is 26.2 Å². The van der Waals surface area contributed by atoms with E-state index in [2.05, 4.69) is 14.8 Å². The number of oxazole rings is 1. The second-order valence-electron chi connectivity index (χ2n) is 8.98. The molecule has 0 bridgehead atoms. The summed E-state index contributed by atoms with van der Waals surface area (Å²) in [4.78, 5) is 34.9. The summed E-state index contributed by atoms with van der Waals surface area (Å²) in [7, 11) is 3.98. The molecule has 0 spiro atoms. The van der Waals surface area contributed by atoms with Gasteiger partial charge >= 0.3 is 6.18 Å². The van der Waals surface area contributed by atoms with Crippen LogP contribution in [0.3, 0.4) is 0 Å². The molecule has 1 amide bonds. The molecule has 0 N–H and O–H groups in total. The summed E-state index contributed by atoms with van der Waals surface area (Å²) in [5.74, 6) is -0.653. The molecule has 0 saturated carbocycles. The number of alkyl halides is 3. The van der Waals surface area contributed by atoms with E-state index in [9.17, 15) is 28.1 Å². The predicted octanol–water partition coefficient (Wildman–Crippen LogP) is 4.26. The Morgan fingerprint density at radius 2 is 1.73 bits per heavy atom. The maximum atomic E-state index is 13.5. The lowest BCUT2D eigenvalue weighted by molar-refractivity contribution is -0.384. The van der Waals surface area contributed by atoms with Crippen LogP contribution in [0.15, 0.2) is 52.9 Å². The van der Waals surface area contributed by atoms with Gasteiger partial charge in [0.05, 0.1) is 16.1 Å². The summed E-state index contributed by atoms with van der Waals surface area (Å²) < 4.78 is 44.8. The SMILES string of the molecule is CN(C)CCN1CCN(C(=O)c2nc(-c3ccc(C(F)(F)F)cc3)oc2-c2ccccc2[N+](=O)[O-])CC1. The number of hydrogen-bond acceptors (Lipinski definition) is 7. The number of carbonyl (C=O) groups excluding carboxylic acids is 1. The highest BCUT2D eigenvalue weighted by atomic mass is 19.4. The van der Waals surface area contributed by atoms with Gasteiger partial charge in [0, 0.05) is 50.9 Å². The lowest BCUT2D eigenvalue weighted by atomic mass is 10.1. The number of rotatable bonds is 7. The largest absolute Gasteiger partial charge is 0.435 e. The van der Waals surface area contributed by atoms with Gasteiger partial charge in [-0.05, 0) is 44.4 Å². The number of nitrogens with zero attached hydrogens (tertiary/aromatic N) is 5. The number of para-hydroxylation sites is 1. The van der Waals surface area contributed by atoms with Gasteiger partial charge < -0.3 is 14.2 Å². The number of likely N-dealkylation sites (N-methyl/N-ethyl adjacent to an activating group) is 1. The number of nitro groups is 1. The summed E-state index contributed by atoms with van der Waals surface area (Å²) in [6, 6.07) is 9.95. The molecule has 1 aliphatic rings. The third-order valence-electron chi connectivity index (χ3n) is 6.16. The molecule has 9 nitrogen and oxygen atoms in total. The lowest BCUT2D eigenvalue weighted by Crippen LogP contribution is -2.50. The van der Waals surface area contributed by atoms with Gasteiger partial charge in [0.25, 0.3) is 11.6 Å². The summed E-state index contributed by atoms with van der Waals surface area (Å²) in [5.41, 5.74) is -0.970. The molecular weight excluding hydrogens is 491 g/mol. The highest BCUT2D eigenvalue weighted by molar-refractivity contribution is 5.99. The van der Waals surface area contributed by atoms with Crippen LogP contribution < -0.4 is 0 Å². The summed E-state index contributed by atoms with van der Waals surface area (Å²) >= 11 is 0. The van der Waals surface area contributed by atoms with Crippen molar-refractivity contribution in [1.29, 1.82) is 0 Å². The highest BCUT2D eigenvalue weighted by Crippen LogP contribution is 2.37. The minimum Gasteiger partial charge on any atom is -0.435 e. The molecule has 4 rings (SSSR count). The Labute approximate surface area is 211 Å². The standard InChI is InChI=1S/C25H26F3N5O4/c1-30(2)11-12-31-13-15-32(16-14-31)24(34)21-22(19-5-3-4-6-20(19)33(35)36)37-23(29-21)17-7-9-18(10-8-17)25(26,27)28/h3-10H,11-16H2,1-2H3. The summed E-state index contributed by atoms with van der Waals surface area (Å²) in [6.45, 7) is 3.93. The first-order valence-corrected chi connectivity index (χ1v) is 11.6. The molecule has 12 heteroatoms. The molecule has 0 radical (unpaired) electrons. The van der Waals surface area contributed by atoms with E-state index in [1.807, 2.05) is 14.1 Å². The predicted molar refractivity (Wildman–Crippen MR) is 130 cm³/mol. The van der Waals surface area contributed by atoms with Crippen LogP contribution in [0.5, 0.6) is 0 Å². The fourth-order valence-corrected chi connectivity index (χ4v) is 4.06. The van der Waals surface area contributed by atoms with Crippen LogP contribution in [0.2, 0.25) is 0 Å². The third kappa shape index (κ3) is 5.97. The second-order valence-corrected chi connectivity index (χ2v) is 8.98. The third-order valence-corrected chi connectivity index (χ3v) is 6.16. The van der Waals surface area contributed by atoms with Crippen molar-refractivity contribution in [1.82, 2.24) is 19.7 Å². The number of piperazine rings is 1. The number of aromatic nitrogens is 1. The van der Waals surface area contributed by atoms with E-state index in [-0.39, 0.29) is 34.2 Å². The molecule has 0 atom stereocenters. The van der Waals surface area contributed by atoms with E-state index in [4.69, 9.17) is 4.42 Å². The molecule has 1 aromatic heterocycles. The zero-order chi connectivity index (χ0) is 26.7. The summed E-state index contributed by atoms with van der Waals surface area (Å²) in [5, 5.41) is 11.7. The van der Waals surface area contributed by atoms with Crippen LogP contribution in [-0.4, -0.2) is 83.9 Å². The monoisotopic (exact) mass is 517 g/mol. The number of carbonyl (C=O) groups is 1. The van der Waals surface area contributed by atoms with E-state index >= 15 is 0 Å². The molecule has 1 aliphatic heterocycles. The van der Waals surface area contributed by atoms with E-state index in [1.165, 1.54) is 30.3 Å². The Hall–Kier alpha value is -3.77. The Morgan fingerprint density at radius 3 is 2.32 bits per heavy atom. The molecule has 0 aliphatic carbocycles. The molecule has 1 saturated heterocycles. The van der Waals surface area contributed by atoms with Gasteiger partial charge in [0.15, 0.2) is 11.5 Å². The Kier molecular flexibility index (Phi) is 7.60. The van der Waals surface area contributed by atoms with Crippen molar-refractivity contribution in [2.75, 3.05) is 53.4 Å². The number of amides is 1. The second kappa shape index (κ2) is 10.7. The molecule has 196 valence electrons. The van der Waals surface area contributed by atoms with Crippen LogP contribution in [-0.2, 0) is 6.18 Å². The molecule has 0 unspecified atom stereocenters. The first kappa shape index (κ1) is 26.3. The highest BCUT2D eigenvalue weighted by Gasteiger charge is 2.33. The molecule has 1 fully saturated rings. The van der Waals surface area contributed by atoms with E-state index < -0.39 is 22.6 Å². The average Bonchev–Trinajstić information content (AvgIpc) is 3.32. The Balaban J connectivity index is 1.68.